The minimum absolute atomic E-state index is 0.00616. The van der Waals surface area contributed by atoms with E-state index in [2.05, 4.69) is 0 Å². The molecule has 4 nitrogen and oxygen atoms in total. The van der Waals surface area contributed by atoms with Gasteiger partial charge in [0.15, 0.2) is 0 Å². The minimum Gasteiger partial charge on any atom is -0.322 e. The molecule has 1 fully saturated rings. The van der Waals surface area contributed by atoms with Gasteiger partial charge in [0.05, 0.1) is 6.54 Å². The number of rotatable bonds is 3. The van der Waals surface area contributed by atoms with Crippen molar-refractivity contribution in [2.75, 3.05) is 19.6 Å². The van der Waals surface area contributed by atoms with Crippen molar-refractivity contribution in [2.45, 2.75) is 26.3 Å². The monoisotopic (exact) mass is 184 g/mol. The second-order valence-electron chi connectivity index (χ2n) is 3.54. The standard InChI is InChI=1S/C9H16N2O2/c1-8(2)11-5-3-4-10(6-7-12)9(11)13/h7-8H,3-6H2,1-2H3. The molecule has 0 aliphatic carbocycles. The van der Waals surface area contributed by atoms with Gasteiger partial charge in [0.1, 0.15) is 6.29 Å². The summed E-state index contributed by atoms with van der Waals surface area (Å²) >= 11 is 0. The van der Waals surface area contributed by atoms with E-state index >= 15 is 0 Å². The molecule has 4 heteroatoms. The Morgan fingerprint density at radius 2 is 2.15 bits per heavy atom. The average Bonchev–Trinajstić information content (AvgIpc) is 2.08. The van der Waals surface area contributed by atoms with Crippen molar-refractivity contribution in [3.05, 3.63) is 0 Å². The molecule has 1 heterocycles. The highest BCUT2D eigenvalue weighted by Gasteiger charge is 2.26. The van der Waals surface area contributed by atoms with Gasteiger partial charge in [-0.25, -0.2) is 4.79 Å². The van der Waals surface area contributed by atoms with Crippen LogP contribution in [0.15, 0.2) is 0 Å². The van der Waals surface area contributed by atoms with Crippen LogP contribution in [0, 0.1) is 0 Å². The Hall–Kier alpha value is -1.06. The van der Waals surface area contributed by atoms with Crippen LogP contribution in [-0.4, -0.2) is 47.8 Å². The fourth-order valence-electron chi connectivity index (χ4n) is 1.54. The Labute approximate surface area is 78.5 Å². The van der Waals surface area contributed by atoms with Gasteiger partial charge in [-0.3, -0.25) is 0 Å². The predicted octanol–water partition coefficient (Wildman–Crippen LogP) is 0.721. The Morgan fingerprint density at radius 1 is 1.46 bits per heavy atom. The molecule has 0 atom stereocenters. The van der Waals surface area contributed by atoms with Crippen molar-refractivity contribution in [3.63, 3.8) is 0 Å². The zero-order chi connectivity index (χ0) is 9.84. The van der Waals surface area contributed by atoms with Crippen LogP contribution in [0.2, 0.25) is 0 Å². The number of urea groups is 1. The third-order valence-corrected chi connectivity index (χ3v) is 2.26. The van der Waals surface area contributed by atoms with Gasteiger partial charge in [-0.15, -0.1) is 0 Å². The lowest BCUT2D eigenvalue weighted by atomic mass is 10.2. The molecule has 0 spiro atoms. The summed E-state index contributed by atoms with van der Waals surface area (Å²) in [7, 11) is 0. The van der Waals surface area contributed by atoms with Gasteiger partial charge in [0.2, 0.25) is 0 Å². The highest BCUT2D eigenvalue weighted by molar-refractivity contribution is 5.77. The van der Waals surface area contributed by atoms with E-state index in [4.69, 9.17) is 0 Å². The van der Waals surface area contributed by atoms with Crippen LogP contribution in [0.1, 0.15) is 20.3 Å². The summed E-state index contributed by atoms with van der Waals surface area (Å²) < 4.78 is 0. The van der Waals surface area contributed by atoms with Crippen LogP contribution in [-0.2, 0) is 4.79 Å². The van der Waals surface area contributed by atoms with Gasteiger partial charge in [-0.1, -0.05) is 0 Å². The summed E-state index contributed by atoms with van der Waals surface area (Å²) in [5, 5.41) is 0. The third-order valence-electron chi connectivity index (χ3n) is 2.26. The normalized spacial score (nSPS) is 18.2. The molecule has 1 aliphatic rings. The number of hydrogen-bond acceptors (Lipinski definition) is 2. The Morgan fingerprint density at radius 3 is 2.69 bits per heavy atom. The van der Waals surface area contributed by atoms with Crippen LogP contribution >= 0.6 is 0 Å². The van der Waals surface area contributed by atoms with E-state index in [0.29, 0.717) is 6.54 Å². The highest BCUT2D eigenvalue weighted by Crippen LogP contribution is 2.11. The summed E-state index contributed by atoms with van der Waals surface area (Å²) in [6, 6.07) is 0.218. The van der Waals surface area contributed by atoms with Crippen molar-refractivity contribution < 1.29 is 9.59 Å². The summed E-state index contributed by atoms with van der Waals surface area (Å²) in [4.78, 5) is 25.3. The summed E-state index contributed by atoms with van der Waals surface area (Å²) in [6.45, 7) is 5.72. The van der Waals surface area contributed by atoms with Crippen LogP contribution in [0.25, 0.3) is 0 Å². The first-order chi connectivity index (χ1) is 6.16. The molecule has 0 bridgehead atoms. The fraction of sp³-hybridized carbons (Fsp3) is 0.778. The second kappa shape index (κ2) is 4.25. The summed E-state index contributed by atoms with van der Waals surface area (Å²) in [5.41, 5.74) is 0. The summed E-state index contributed by atoms with van der Waals surface area (Å²) in [5.74, 6) is 0. The second-order valence-corrected chi connectivity index (χ2v) is 3.54. The Kier molecular flexibility index (Phi) is 3.28. The number of hydrogen-bond donors (Lipinski definition) is 0. The molecule has 0 radical (unpaired) electrons. The number of amides is 2. The van der Waals surface area contributed by atoms with Gasteiger partial charge in [-0.05, 0) is 20.3 Å². The molecule has 0 unspecified atom stereocenters. The Bertz CT molecular complexity index is 204. The van der Waals surface area contributed by atoms with E-state index in [1.807, 2.05) is 13.8 Å². The van der Waals surface area contributed by atoms with Crippen molar-refractivity contribution in [3.8, 4) is 0 Å². The molecule has 13 heavy (non-hydrogen) atoms. The molecule has 1 aliphatic heterocycles. The predicted molar refractivity (Wildman–Crippen MR) is 49.5 cm³/mol. The molecule has 0 aromatic carbocycles. The van der Waals surface area contributed by atoms with Gasteiger partial charge in [0.25, 0.3) is 0 Å². The van der Waals surface area contributed by atoms with Crippen molar-refractivity contribution >= 4 is 12.3 Å². The van der Waals surface area contributed by atoms with Gasteiger partial charge in [0, 0.05) is 19.1 Å². The van der Waals surface area contributed by atoms with Crippen molar-refractivity contribution in [2.24, 2.45) is 0 Å². The van der Waals surface area contributed by atoms with Crippen molar-refractivity contribution in [1.29, 1.82) is 0 Å². The molecular formula is C9H16N2O2. The molecule has 0 saturated carbocycles. The van der Waals surface area contributed by atoms with Crippen LogP contribution < -0.4 is 0 Å². The van der Waals surface area contributed by atoms with E-state index < -0.39 is 0 Å². The van der Waals surface area contributed by atoms with Crippen LogP contribution in [0.4, 0.5) is 4.79 Å². The van der Waals surface area contributed by atoms with Gasteiger partial charge < -0.3 is 14.6 Å². The molecule has 74 valence electrons. The lowest BCUT2D eigenvalue weighted by Crippen LogP contribution is -2.52. The lowest BCUT2D eigenvalue weighted by Gasteiger charge is -2.37. The lowest BCUT2D eigenvalue weighted by molar-refractivity contribution is -0.108. The SMILES string of the molecule is CC(C)N1CCCN(CC=O)C1=O. The summed E-state index contributed by atoms with van der Waals surface area (Å²) in [6.07, 6.45) is 1.74. The van der Waals surface area contributed by atoms with E-state index in [1.165, 1.54) is 0 Å². The number of carbonyl (C=O) groups is 2. The first-order valence-corrected chi connectivity index (χ1v) is 4.66. The molecule has 2 amide bonds. The van der Waals surface area contributed by atoms with E-state index in [0.717, 1.165) is 19.3 Å². The maximum atomic E-state index is 11.6. The fourth-order valence-corrected chi connectivity index (χ4v) is 1.54. The van der Waals surface area contributed by atoms with Gasteiger partial charge in [-0.2, -0.15) is 0 Å². The molecule has 1 saturated heterocycles. The zero-order valence-electron chi connectivity index (χ0n) is 8.19. The van der Waals surface area contributed by atoms with Crippen LogP contribution in [0.3, 0.4) is 0 Å². The number of nitrogens with zero attached hydrogens (tertiary/aromatic N) is 2. The maximum Gasteiger partial charge on any atom is 0.320 e. The minimum atomic E-state index is -0.00616. The zero-order valence-corrected chi connectivity index (χ0v) is 8.19. The van der Waals surface area contributed by atoms with Gasteiger partial charge >= 0.3 is 6.03 Å². The topological polar surface area (TPSA) is 40.6 Å². The molecule has 0 aromatic rings. The maximum absolute atomic E-state index is 11.6. The molecule has 1 rings (SSSR count). The quantitative estimate of drug-likeness (QED) is 0.606. The largest absolute Gasteiger partial charge is 0.322 e. The number of carbonyl (C=O) groups excluding carboxylic acids is 2. The first-order valence-electron chi connectivity index (χ1n) is 4.66. The highest BCUT2D eigenvalue weighted by atomic mass is 16.2. The average molecular weight is 184 g/mol. The van der Waals surface area contributed by atoms with Crippen molar-refractivity contribution in [1.82, 2.24) is 9.80 Å². The van der Waals surface area contributed by atoms with E-state index in [-0.39, 0.29) is 18.6 Å². The third kappa shape index (κ3) is 2.20. The van der Waals surface area contributed by atoms with E-state index in [1.54, 1.807) is 9.80 Å². The smallest absolute Gasteiger partial charge is 0.320 e. The number of aldehydes is 1. The molecular weight excluding hydrogens is 168 g/mol. The van der Waals surface area contributed by atoms with Crippen LogP contribution in [0.5, 0.6) is 0 Å². The first kappa shape index (κ1) is 10.0. The molecule has 0 aromatic heterocycles. The Balaban J connectivity index is 2.60. The molecule has 0 N–H and O–H groups in total. The van der Waals surface area contributed by atoms with E-state index in [9.17, 15) is 9.59 Å².